The minimum absolute atomic E-state index is 0.102. The van der Waals surface area contributed by atoms with E-state index >= 15 is 0 Å². The van der Waals surface area contributed by atoms with Crippen molar-refractivity contribution in [2.75, 3.05) is 17.2 Å². The van der Waals surface area contributed by atoms with Gasteiger partial charge in [0.2, 0.25) is 5.91 Å². The Morgan fingerprint density at radius 3 is 2.71 bits per heavy atom. The summed E-state index contributed by atoms with van der Waals surface area (Å²) in [6.45, 7) is 5.13. The molecule has 2 aliphatic heterocycles. The summed E-state index contributed by atoms with van der Waals surface area (Å²) in [6.07, 6.45) is -4.03. The van der Waals surface area contributed by atoms with Crippen molar-refractivity contribution in [2.24, 2.45) is 5.10 Å². The fraction of sp³-hybridized carbons (Fsp3) is 0.467. The zero-order valence-electron chi connectivity index (χ0n) is 13.4. The molecule has 0 atom stereocenters. The molecule has 0 radical (unpaired) electrons. The zero-order valence-corrected chi connectivity index (χ0v) is 13.4. The summed E-state index contributed by atoms with van der Waals surface area (Å²) < 4.78 is 45.7. The molecule has 0 unspecified atom stereocenters. The third kappa shape index (κ3) is 2.74. The summed E-state index contributed by atoms with van der Waals surface area (Å²) in [5.74, 6) is 0.0206. The van der Waals surface area contributed by atoms with Crippen LogP contribution in [0.4, 0.5) is 24.5 Å². The zero-order chi connectivity index (χ0) is 17.7. The number of amides is 1. The van der Waals surface area contributed by atoms with Gasteiger partial charge in [0.15, 0.2) is 5.84 Å². The number of carbonyl (C=O) groups is 1. The molecule has 1 aromatic rings. The Balaban J connectivity index is 2.15. The Kier molecular flexibility index (Phi) is 3.61. The lowest BCUT2D eigenvalue weighted by molar-refractivity contribution is -0.137. The number of anilines is 2. The highest BCUT2D eigenvalue weighted by molar-refractivity contribution is 6.10. The maximum atomic E-state index is 13.4. The Bertz CT molecular complexity index is 741. The Morgan fingerprint density at radius 2 is 2.08 bits per heavy atom. The number of hydrogen-bond donors (Lipinski definition) is 3. The molecule has 6 nitrogen and oxygen atoms in total. The molecule has 0 saturated carbocycles. The molecule has 24 heavy (non-hydrogen) atoms. The van der Waals surface area contributed by atoms with Crippen molar-refractivity contribution in [2.45, 2.75) is 38.9 Å². The lowest BCUT2D eigenvalue weighted by Crippen LogP contribution is -2.49. The highest BCUT2D eigenvalue weighted by Gasteiger charge is 2.42. The van der Waals surface area contributed by atoms with Crippen LogP contribution in [0.25, 0.3) is 0 Å². The van der Waals surface area contributed by atoms with Gasteiger partial charge >= 0.3 is 6.18 Å². The van der Waals surface area contributed by atoms with Gasteiger partial charge in [0.25, 0.3) is 0 Å². The lowest BCUT2D eigenvalue weighted by Gasteiger charge is -2.37. The smallest absolute Gasteiger partial charge is 0.418 e. The molecule has 9 heteroatoms. The SMILES string of the molecule is CC(=O)N/N=C1\Nc2c(C(F)(F)F)cc3c(c2NC1(C)C)CCO3. The van der Waals surface area contributed by atoms with E-state index in [0.29, 0.717) is 24.3 Å². The molecule has 0 fully saturated rings. The molecular weight excluding hydrogens is 325 g/mol. The van der Waals surface area contributed by atoms with E-state index in [1.165, 1.54) is 6.92 Å². The molecule has 0 aliphatic carbocycles. The molecule has 2 heterocycles. The van der Waals surface area contributed by atoms with Crippen molar-refractivity contribution in [3.05, 3.63) is 17.2 Å². The van der Waals surface area contributed by atoms with E-state index in [1.807, 2.05) is 0 Å². The van der Waals surface area contributed by atoms with Crippen LogP contribution in [-0.4, -0.2) is 23.9 Å². The summed E-state index contributed by atoms with van der Waals surface area (Å²) in [5.41, 5.74) is 1.59. The molecule has 3 N–H and O–H groups in total. The number of fused-ring (bicyclic) bond motifs is 3. The summed E-state index contributed by atoms with van der Waals surface area (Å²) in [7, 11) is 0. The first kappa shape index (κ1) is 16.4. The van der Waals surface area contributed by atoms with E-state index in [9.17, 15) is 18.0 Å². The van der Waals surface area contributed by atoms with E-state index in [-0.39, 0.29) is 17.3 Å². The van der Waals surface area contributed by atoms with Crippen molar-refractivity contribution >= 4 is 23.1 Å². The molecule has 0 saturated heterocycles. The standard InChI is InChI=1S/C15H17F3N4O2/c1-7(23)21-22-13-14(2,3)20-11-8-4-5-24-10(8)6-9(12(11)19-13)15(16,17)18/h6,20H,4-5H2,1-3H3,(H,19,22)(H,21,23). The van der Waals surface area contributed by atoms with Gasteiger partial charge in [-0.3, -0.25) is 4.79 Å². The van der Waals surface area contributed by atoms with Gasteiger partial charge < -0.3 is 15.4 Å². The van der Waals surface area contributed by atoms with Crippen molar-refractivity contribution in [1.82, 2.24) is 5.43 Å². The van der Waals surface area contributed by atoms with Crippen molar-refractivity contribution in [1.29, 1.82) is 0 Å². The third-order valence-corrected chi connectivity index (χ3v) is 3.91. The minimum atomic E-state index is -4.56. The molecule has 130 valence electrons. The van der Waals surface area contributed by atoms with E-state index in [0.717, 1.165) is 6.07 Å². The molecule has 3 rings (SSSR count). The summed E-state index contributed by atoms with van der Waals surface area (Å²) >= 11 is 0. The van der Waals surface area contributed by atoms with Gasteiger partial charge in [0, 0.05) is 18.9 Å². The molecule has 2 aliphatic rings. The number of alkyl halides is 3. The minimum Gasteiger partial charge on any atom is -0.493 e. The number of hydrazone groups is 1. The van der Waals surface area contributed by atoms with Gasteiger partial charge in [-0.2, -0.15) is 18.3 Å². The van der Waals surface area contributed by atoms with Crippen LogP contribution in [0.15, 0.2) is 11.2 Å². The van der Waals surface area contributed by atoms with Gasteiger partial charge in [0.05, 0.1) is 29.1 Å². The number of benzene rings is 1. The topological polar surface area (TPSA) is 74.8 Å². The molecule has 0 aromatic heterocycles. The largest absolute Gasteiger partial charge is 0.493 e. The third-order valence-electron chi connectivity index (χ3n) is 3.91. The van der Waals surface area contributed by atoms with E-state index in [2.05, 4.69) is 21.2 Å². The van der Waals surface area contributed by atoms with Crippen molar-refractivity contribution in [3.63, 3.8) is 0 Å². The highest BCUT2D eigenvalue weighted by atomic mass is 19.4. The van der Waals surface area contributed by atoms with E-state index < -0.39 is 23.2 Å². The number of carbonyl (C=O) groups excluding carboxylic acids is 1. The summed E-state index contributed by atoms with van der Waals surface area (Å²) in [5, 5.41) is 9.74. The summed E-state index contributed by atoms with van der Waals surface area (Å²) in [6, 6.07) is 1.00. The molecule has 0 bridgehead atoms. The normalized spacial score (nSPS) is 19.7. The fourth-order valence-corrected chi connectivity index (χ4v) is 2.78. The number of nitrogens with zero attached hydrogens (tertiary/aromatic N) is 1. The van der Waals surface area contributed by atoms with E-state index in [4.69, 9.17) is 4.74 Å². The quantitative estimate of drug-likeness (QED) is 0.686. The average Bonchev–Trinajstić information content (AvgIpc) is 2.91. The molecule has 1 amide bonds. The summed E-state index contributed by atoms with van der Waals surface area (Å²) in [4.78, 5) is 11.1. The first-order chi connectivity index (χ1) is 11.1. The van der Waals surface area contributed by atoms with Crippen LogP contribution in [0.5, 0.6) is 5.75 Å². The van der Waals surface area contributed by atoms with E-state index in [1.54, 1.807) is 13.8 Å². The van der Waals surface area contributed by atoms with Crippen LogP contribution in [0.1, 0.15) is 31.9 Å². The number of nitrogens with one attached hydrogen (secondary N) is 3. The average molecular weight is 342 g/mol. The maximum Gasteiger partial charge on any atom is 0.418 e. The number of hydrogen-bond acceptors (Lipinski definition) is 4. The van der Waals surface area contributed by atoms with Crippen LogP contribution in [0.3, 0.4) is 0 Å². The Hall–Kier alpha value is -2.45. The number of rotatable bonds is 1. The number of ether oxygens (including phenoxy) is 1. The van der Waals surface area contributed by atoms with Gasteiger partial charge in [-0.15, -0.1) is 0 Å². The first-order valence-electron chi connectivity index (χ1n) is 7.39. The van der Waals surface area contributed by atoms with Crippen LogP contribution in [0.2, 0.25) is 0 Å². The second-order valence-electron chi connectivity index (χ2n) is 6.25. The van der Waals surface area contributed by atoms with Gasteiger partial charge in [-0.25, -0.2) is 5.43 Å². The monoisotopic (exact) mass is 342 g/mol. The van der Waals surface area contributed by atoms with Gasteiger partial charge in [0.1, 0.15) is 5.75 Å². The Labute approximate surface area is 136 Å². The fourth-order valence-electron chi connectivity index (χ4n) is 2.78. The van der Waals surface area contributed by atoms with Crippen LogP contribution in [-0.2, 0) is 17.4 Å². The van der Waals surface area contributed by atoms with Crippen LogP contribution in [0, 0.1) is 0 Å². The number of halogens is 3. The molecule has 0 spiro atoms. The first-order valence-corrected chi connectivity index (χ1v) is 7.39. The van der Waals surface area contributed by atoms with Crippen LogP contribution < -0.4 is 20.8 Å². The van der Waals surface area contributed by atoms with Crippen molar-refractivity contribution < 1.29 is 22.7 Å². The predicted octanol–water partition coefficient (Wildman–Crippen LogP) is 2.71. The predicted molar refractivity (Wildman–Crippen MR) is 83.2 cm³/mol. The van der Waals surface area contributed by atoms with Crippen molar-refractivity contribution in [3.8, 4) is 5.75 Å². The molecular formula is C15H17F3N4O2. The second kappa shape index (κ2) is 5.29. The maximum absolute atomic E-state index is 13.4. The van der Waals surface area contributed by atoms with Gasteiger partial charge in [-0.1, -0.05) is 0 Å². The lowest BCUT2D eigenvalue weighted by atomic mass is 9.94. The van der Waals surface area contributed by atoms with Gasteiger partial charge in [-0.05, 0) is 19.9 Å². The van der Waals surface area contributed by atoms with Crippen LogP contribution >= 0.6 is 0 Å². The second-order valence-corrected chi connectivity index (χ2v) is 6.25. The Morgan fingerprint density at radius 1 is 1.38 bits per heavy atom. The highest BCUT2D eigenvalue weighted by Crippen LogP contribution is 2.48. The number of amidine groups is 1. The molecule has 1 aromatic carbocycles.